The average molecular weight is 318 g/mol. The van der Waals surface area contributed by atoms with E-state index in [1.54, 1.807) is 17.9 Å². The minimum atomic E-state index is -0.751. The molecule has 0 aromatic heterocycles. The third-order valence-electron chi connectivity index (χ3n) is 5.27. The zero-order valence-corrected chi connectivity index (χ0v) is 12.8. The zero-order chi connectivity index (χ0) is 16.8. The van der Waals surface area contributed by atoms with Gasteiger partial charge in [0.25, 0.3) is 11.6 Å². The Balaban J connectivity index is 1.73. The van der Waals surface area contributed by atoms with Gasteiger partial charge in [0.05, 0.1) is 10.8 Å². The number of rotatable bonds is 3. The van der Waals surface area contributed by atoms with Crippen molar-refractivity contribution in [2.24, 2.45) is 11.3 Å². The summed E-state index contributed by atoms with van der Waals surface area (Å²) in [6, 6.07) is 4.51. The number of likely N-dealkylation sites (tertiary alicyclic amines) is 1. The summed E-state index contributed by atoms with van der Waals surface area (Å²) in [5.41, 5.74) is 0.524. The molecule has 1 amide bonds. The number of carbonyl (C=O) groups is 2. The minimum absolute atomic E-state index is 0.0579. The lowest BCUT2D eigenvalue weighted by atomic mass is 9.90. The number of carboxylic acid groups (broad SMARTS) is 1. The molecule has 1 aliphatic carbocycles. The number of benzene rings is 1. The predicted molar refractivity (Wildman–Crippen MR) is 81.1 cm³/mol. The third kappa shape index (κ3) is 2.56. The summed E-state index contributed by atoms with van der Waals surface area (Å²) in [5.74, 6) is -1.24. The Kier molecular flexibility index (Phi) is 3.58. The Morgan fingerprint density at radius 2 is 2.00 bits per heavy atom. The van der Waals surface area contributed by atoms with Gasteiger partial charge < -0.3 is 10.0 Å². The van der Waals surface area contributed by atoms with Crippen molar-refractivity contribution < 1.29 is 19.6 Å². The number of piperidine rings is 1. The molecule has 23 heavy (non-hydrogen) atoms. The van der Waals surface area contributed by atoms with Gasteiger partial charge >= 0.3 is 5.97 Å². The number of hydrogen-bond donors (Lipinski definition) is 1. The molecule has 2 fully saturated rings. The summed E-state index contributed by atoms with van der Waals surface area (Å²) >= 11 is 0. The number of aliphatic carboxylic acids is 1. The van der Waals surface area contributed by atoms with Crippen LogP contribution in [0.2, 0.25) is 0 Å². The quantitative estimate of drug-likeness (QED) is 0.680. The van der Waals surface area contributed by atoms with Crippen molar-refractivity contribution in [2.75, 3.05) is 13.1 Å². The molecule has 7 nitrogen and oxygen atoms in total. The predicted octanol–water partition coefficient (Wildman–Crippen LogP) is 2.23. The smallest absolute Gasteiger partial charge is 0.307 e. The van der Waals surface area contributed by atoms with Gasteiger partial charge in [-0.3, -0.25) is 19.7 Å². The van der Waals surface area contributed by atoms with E-state index in [1.165, 1.54) is 12.1 Å². The van der Waals surface area contributed by atoms with Crippen LogP contribution >= 0.6 is 0 Å². The van der Waals surface area contributed by atoms with Gasteiger partial charge in [-0.2, -0.15) is 0 Å². The lowest BCUT2D eigenvalue weighted by Crippen LogP contribution is -2.40. The molecule has 1 aromatic rings. The summed E-state index contributed by atoms with van der Waals surface area (Å²) < 4.78 is 0. The number of nitrogens with zero attached hydrogens (tertiary/aromatic N) is 2. The highest BCUT2D eigenvalue weighted by Gasteiger charge is 2.59. The summed E-state index contributed by atoms with van der Waals surface area (Å²) in [6.45, 7) is 2.59. The van der Waals surface area contributed by atoms with Crippen LogP contribution in [0.5, 0.6) is 0 Å². The van der Waals surface area contributed by atoms with Crippen LogP contribution in [0.1, 0.15) is 35.2 Å². The molecule has 1 spiro atoms. The van der Waals surface area contributed by atoms with Crippen LogP contribution in [0.3, 0.4) is 0 Å². The second-order valence-electron chi connectivity index (χ2n) is 6.46. The molecular weight excluding hydrogens is 300 g/mol. The average Bonchev–Trinajstić information content (AvgIpc) is 3.21. The van der Waals surface area contributed by atoms with Gasteiger partial charge in [0, 0.05) is 30.3 Å². The molecular formula is C16H18N2O5. The lowest BCUT2D eigenvalue weighted by Gasteiger charge is -2.33. The second kappa shape index (κ2) is 5.33. The van der Waals surface area contributed by atoms with E-state index in [2.05, 4.69) is 0 Å². The fourth-order valence-corrected chi connectivity index (χ4v) is 3.63. The molecule has 1 heterocycles. The van der Waals surface area contributed by atoms with Gasteiger partial charge in [-0.15, -0.1) is 0 Å². The maximum Gasteiger partial charge on any atom is 0.307 e. The van der Waals surface area contributed by atoms with Crippen molar-refractivity contribution in [3.8, 4) is 0 Å². The lowest BCUT2D eigenvalue weighted by molar-refractivity contribution is -0.385. The van der Waals surface area contributed by atoms with Gasteiger partial charge in [0.2, 0.25) is 0 Å². The van der Waals surface area contributed by atoms with Crippen molar-refractivity contribution in [2.45, 2.75) is 26.2 Å². The van der Waals surface area contributed by atoms with Crippen LogP contribution in [-0.4, -0.2) is 39.9 Å². The normalized spacial score (nSPS) is 22.0. The summed E-state index contributed by atoms with van der Waals surface area (Å²) in [5, 5.41) is 20.1. The first-order valence-electron chi connectivity index (χ1n) is 7.62. The second-order valence-corrected chi connectivity index (χ2v) is 6.46. The molecule has 1 unspecified atom stereocenters. The number of carbonyl (C=O) groups excluding carboxylic acids is 1. The van der Waals surface area contributed by atoms with Crippen molar-refractivity contribution in [3.05, 3.63) is 39.4 Å². The molecule has 1 aromatic carbocycles. The van der Waals surface area contributed by atoms with E-state index in [9.17, 15) is 19.7 Å². The van der Waals surface area contributed by atoms with Crippen LogP contribution in [0.4, 0.5) is 5.69 Å². The van der Waals surface area contributed by atoms with Crippen molar-refractivity contribution >= 4 is 17.6 Å². The number of hydrogen-bond acceptors (Lipinski definition) is 4. The monoisotopic (exact) mass is 318 g/mol. The molecule has 0 bridgehead atoms. The summed E-state index contributed by atoms with van der Waals surface area (Å²) in [7, 11) is 0. The van der Waals surface area contributed by atoms with E-state index < -0.39 is 10.9 Å². The summed E-state index contributed by atoms with van der Waals surface area (Å²) in [6.07, 6.45) is 2.06. The van der Waals surface area contributed by atoms with Gasteiger partial charge in [0.1, 0.15) is 0 Å². The first-order valence-corrected chi connectivity index (χ1v) is 7.62. The van der Waals surface area contributed by atoms with Crippen LogP contribution in [0, 0.1) is 28.4 Å². The molecule has 122 valence electrons. The fraction of sp³-hybridized carbons (Fsp3) is 0.500. The standard InChI is InChI=1S/C16H18N2O5/c1-10-11(3-2-4-13(10)18(22)23)14(19)17-7-5-16(6-8-17)9-12(16)15(20)21/h2-4,12H,5-9H2,1H3,(H,20,21). The van der Waals surface area contributed by atoms with E-state index >= 15 is 0 Å². The van der Waals surface area contributed by atoms with Gasteiger partial charge in [0.15, 0.2) is 0 Å². The van der Waals surface area contributed by atoms with E-state index in [0.29, 0.717) is 43.5 Å². The Morgan fingerprint density at radius 1 is 1.35 bits per heavy atom. The van der Waals surface area contributed by atoms with Crippen LogP contribution in [0.15, 0.2) is 18.2 Å². The summed E-state index contributed by atoms with van der Waals surface area (Å²) in [4.78, 5) is 35.9. The Morgan fingerprint density at radius 3 is 2.52 bits per heavy atom. The molecule has 2 aliphatic rings. The van der Waals surface area contributed by atoms with Crippen LogP contribution in [-0.2, 0) is 4.79 Å². The van der Waals surface area contributed by atoms with E-state index in [1.807, 2.05) is 0 Å². The molecule has 1 saturated carbocycles. The molecule has 1 N–H and O–H groups in total. The van der Waals surface area contributed by atoms with E-state index in [4.69, 9.17) is 5.11 Å². The van der Waals surface area contributed by atoms with Gasteiger partial charge in [-0.25, -0.2) is 0 Å². The Labute approximate surface area is 133 Å². The highest BCUT2D eigenvalue weighted by Crippen LogP contribution is 2.59. The maximum atomic E-state index is 12.6. The fourth-order valence-electron chi connectivity index (χ4n) is 3.63. The first-order chi connectivity index (χ1) is 10.9. The van der Waals surface area contributed by atoms with E-state index in [-0.39, 0.29) is 22.9 Å². The molecule has 1 aliphatic heterocycles. The largest absolute Gasteiger partial charge is 0.481 e. The molecule has 7 heteroatoms. The van der Waals surface area contributed by atoms with Gasteiger partial charge in [-0.1, -0.05) is 6.07 Å². The first kappa shape index (κ1) is 15.5. The van der Waals surface area contributed by atoms with Crippen molar-refractivity contribution in [1.29, 1.82) is 0 Å². The topological polar surface area (TPSA) is 101 Å². The van der Waals surface area contributed by atoms with Crippen molar-refractivity contribution in [1.82, 2.24) is 4.90 Å². The van der Waals surface area contributed by atoms with Crippen molar-refractivity contribution in [3.63, 3.8) is 0 Å². The molecule has 1 saturated heterocycles. The van der Waals surface area contributed by atoms with E-state index in [0.717, 1.165) is 0 Å². The Bertz CT molecular complexity index is 692. The van der Waals surface area contributed by atoms with Crippen LogP contribution < -0.4 is 0 Å². The number of carboxylic acids is 1. The highest BCUT2D eigenvalue weighted by atomic mass is 16.6. The molecule has 1 atom stereocenters. The minimum Gasteiger partial charge on any atom is -0.481 e. The zero-order valence-electron chi connectivity index (χ0n) is 12.8. The van der Waals surface area contributed by atoms with Gasteiger partial charge in [-0.05, 0) is 37.7 Å². The molecule has 3 rings (SSSR count). The number of amides is 1. The molecule has 0 radical (unpaired) electrons. The SMILES string of the molecule is Cc1c(C(=O)N2CCC3(CC2)CC3C(=O)O)cccc1[N+](=O)[O-]. The highest BCUT2D eigenvalue weighted by molar-refractivity contribution is 5.96. The Hall–Kier alpha value is -2.44. The maximum absolute atomic E-state index is 12.6. The number of nitro benzene ring substituents is 1. The third-order valence-corrected chi connectivity index (χ3v) is 5.27. The number of nitro groups is 1. The van der Waals surface area contributed by atoms with Crippen LogP contribution in [0.25, 0.3) is 0 Å².